The molecule has 3 rings (SSSR count). The molecule has 138 valence electrons. The highest BCUT2D eigenvalue weighted by Crippen LogP contribution is 2.37. The molecule has 0 atom stereocenters. The smallest absolute Gasteiger partial charge is 0.489 e. The minimum atomic E-state index is -0.892. The number of benzene rings is 2. The molecule has 2 aromatic rings. The van der Waals surface area contributed by atoms with E-state index in [9.17, 15) is 8.78 Å². The quantitative estimate of drug-likeness (QED) is 0.767. The van der Waals surface area contributed by atoms with Crippen molar-refractivity contribution in [2.24, 2.45) is 0 Å². The Morgan fingerprint density at radius 3 is 2.31 bits per heavy atom. The predicted molar refractivity (Wildman–Crippen MR) is 97.6 cm³/mol. The molecule has 2 aromatic carbocycles. The Bertz CT molecular complexity index is 805. The van der Waals surface area contributed by atoms with Gasteiger partial charge in [0.1, 0.15) is 12.4 Å². The Balaban J connectivity index is 1.86. The second-order valence-electron chi connectivity index (χ2n) is 7.63. The van der Waals surface area contributed by atoms with Crippen molar-refractivity contribution in [1.82, 2.24) is 0 Å². The minimum absolute atomic E-state index is 0.0842. The van der Waals surface area contributed by atoms with E-state index < -0.39 is 30.0 Å². The van der Waals surface area contributed by atoms with Crippen LogP contribution < -0.4 is 10.2 Å². The molecule has 0 aliphatic carbocycles. The van der Waals surface area contributed by atoms with Crippen molar-refractivity contribution < 1.29 is 22.8 Å². The van der Waals surface area contributed by atoms with E-state index in [2.05, 4.69) is 0 Å². The summed E-state index contributed by atoms with van der Waals surface area (Å²) < 4.78 is 45.3. The molecular formula is C20H23BF2O3. The van der Waals surface area contributed by atoms with Crippen LogP contribution in [0.25, 0.3) is 0 Å². The van der Waals surface area contributed by atoms with Crippen molar-refractivity contribution in [3.05, 3.63) is 59.2 Å². The van der Waals surface area contributed by atoms with E-state index in [-0.39, 0.29) is 12.2 Å². The zero-order chi connectivity index (χ0) is 19.1. The van der Waals surface area contributed by atoms with E-state index in [4.69, 9.17) is 14.0 Å². The molecule has 0 bridgehead atoms. The fourth-order valence-corrected chi connectivity index (χ4v) is 2.77. The highest BCUT2D eigenvalue weighted by molar-refractivity contribution is 6.63. The molecule has 0 N–H and O–H groups in total. The molecule has 1 saturated heterocycles. The molecule has 1 aliphatic heterocycles. The van der Waals surface area contributed by atoms with Crippen LogP contribution in [0.2, 0.25) is 0 Å². The van der Waals surface area contributed by atoms with E-state index in [0.717, 1.165) is 17.1 Å². The van der Waals surface area contributed by atoms with Gasteiger partial charge in [0.15, 0.2) is 11.6 Å². The van der Waals surface area contributed by atoms with Gasteiger partial charge in [0.25, 0.3) is 0 Å². The van der Waals surface area contributed by atoms with Gasteiger partial charge in [0.05, 0.1) is 11.2 Å². The fraction of sp³-hybridized carbons (Fsp3) is 0.400. The Kier molecular flexibility index (Phi) is 4.84. The zero-order valence-corrected chi connectivity index (χ0v) is 15.7. The lowest BCUT2D eigenvalue weighted by Crippen LogP contribution is -2.41. The molecule has 3 nitrogen and oxygen atoms in total. The Morgan fingerprint density at radius 1 is 1.00 bits per heavy atom. The summed E-state index contributed by atoms with van der Waals surface area (Å²) in [5.74, 6) is -1.25. The molecule has 0 unspecified atom stereocenters. The maximum Gasteiger partial charge on any atom is 0.498 e. The summed E-state index contributed by atoms with van der Waals surface area (Å²) in [6.07, 6.45) is 0. The van der Waals surface area contributed by atoms with Crippen LogP contribution in [0.3, 0.4) is 0 Å². The molecule has 0 saturated carbocycles. The first-order valence-corrected chi connectivity index (χ1v) is 8.62. The van der Waals surface area contributed by atoms with Crippen LogP contribution in [-0.2, 0) is 15.9 Å². The minimum Gasteiger partial charge on any atom is -0.489 e. The second kappa shape index (κ2) is 6.67. The highest BCUT2D eigenvalue weighted by Gasteiger charge is 2.52. The van der Waals surface area contributed by atoms with E-state index in [1.54, 1.807) is 6.07 Å². The maximum absolute atomic E-state index is 13.9. The van der Waals surface area contributed by atoms with Gasteiger partial charge < -0.3 is 14.0 Å². The molecule has 0 aromatic heterocycles. The lowest BCUT2D eigenvalue weighted by molar-refractivity contribution is 0.00578. The third-order valence-corrected chi connectivity index (χ3v) is 5.09. The van der Waals surface area contributed by atoms with Gasteiger partial charge in [-0.2, -0.15) is 0 Å². The van der Waals surface area contributed by atoms with Crippen molar-refractivity contribution in [1.29, 1.82) is 0 Å². The SMILES string of the molecule is Cc1ccc(OCc2cccc(F)c2F)c(B2OC(C)(C)C(C)(C)O2)c1. The third kappa shape index (κ3) is 3.48. The predicted octanol–water partition coefficient (Wildman–Crippen LogP) is 4.15. The molecule has 0 amide bonds. The average molecular weight is 360 g/mol. The summed E-state index contributed by atoms with van der Waals surface area (Å²) in [7, 11) is -0.591. The lowest BCUT2D eigenvalue weighted by Gasteiger charge is -2.32. The van der Waals surface area contributed by atoms with Crippen molar-refractivity contribution >= 4 is 12.6 Å². The lowest BCUT2D eigenvalue weighted by atomic mass is 9.77. The van der Waals surface area contributed by atoms with Gasteiger partial charge >= 0.3 is 7.12 Å². The van der Waals surface area contributed by atoms with Gasteiger partial charge in [-0.15, -0.1) is 0 Å². The van der Waals surface area contributed by atoms with Gasteiger partial charge in [-0.3, -0.25) is 0 Å². The van der Waals surface area contributed by atoms with Crippen molar-refractivity contribution in [2.75, 3.05) is 0 Å². The van der Waals surface area contributed by atoms with Crippen LogP contribution in [0.1, 0.15) is 38.8 Å². The molecule has 1 aliphatic rings. The Hall–Kier alpha value is -1.92. The number of aryl methyl sites for hydroxylation is 1. The number of hydrogen-bond acceptors (Lipinski definition) is 3. The maximum atomic E-state index is 13.9. The summed E-state index contributed by atoms with van der Waals surface area (Å²) in [5.41, 5.74) is 0.964. The van der Waals surface area contributed by atoms with Gasteiger partial charge in [-0.25, -0.2) is 8.78 Å². The van der Waals surface area contributed by atoms with Gasteiger partial charge in [-0.1, -0.05) is 29.8 Å². The van der Waals surface area contributed by atoms with Crippen molar-refractivity contribution in [3.63, 3.8) is 0 Å². The van der Waals surface area contributed by atoms with Gasteiger partial charge in [0.2, 0.25) is 0 Å². The molecule has 0 spiro atoms. The standard InChI is InChI=1S/C20H23BF2O3/c1-13-9-10-17(24-12-14-7-6-8-16(22)18(14)23)15(11-13)21-25-19(2,3)20(4,5)26-21/h6-11H,12H2,1-5H3. The first kappa shape index (κ1) is 18.9. The van der Waals surface area contributed by atoms with E-state index in [1.165, 1.54) is 12.1 Å². The first-order chi connectivity index (χ1) is 12.1. The molecule has 0 radical (unpaired) electrons. The molecular weight excluding hydrogens is 337 g/mol. The zero-order valence-electron chi connectivity index (χ0n) is 15.7. The summed E-state index contributed by atoms with van der Waals surface area (Å²) in [6, 6.07) is 9.67. The topological polar surface area (TPSA) is 27.7 Å². The summed E-state index contributed by atoms with van der Waals surface area (Å²) >= 11 is 0. The number of halogens is 2. The summed E-state index contributed by atoms with van der Waals surface area (Å²) in [4.78, 5) is 0. The monoisotopic (exact) mass is 360 g/mol. The van der Waals surface area contributed by atoms with Crippen LogP contribution in [-0.4, -0.2) is 18.3 Å². The van der Waals surface area contributed by atoms with Crippen molar-refractivity contribution in [3.8, 4) is 5.75 Å². The van der Waals surface area contributed by atoms with Crippen molar-refractivity contribution in [2.45, 2.75) is 52.4 Å². The fourth-order valence-electron chi connectivity index (χ4n) is 2.77. The third-order valence-electron chi connectivity index (χ3n) is 5.09. The molecule has 6 heteroatoms. The number of rotatable bonds is 4. The first-order valence-electron chi connectivity index (χ1n) is 8.62. The second-order valence-corrected chi connectivity index (χ2v) is 7.63. The Labute approximate surface area is 153 Å². The summed E-state index contributed by atoms with van der Waals surface area (Å²) in [6.45, 7) is 9.79. The highest BCUT2D eigenvalue weighted by atomic mass is 19.2. The van der Waals surface area contributed by atoms with E-state index in [0.29, 0.717) is 5.75 Å². The van der Waals surface area contributed by atoms with E-state index >= 15 is 0 Å². The molecule has 1 fully saturated rings. The average Bonchev–Trinajstić information content (AvgIpc) is 2.77. The normalized spacial score (nSPS) is 18.2. The summed E-state index contributed by atoms with van der Waals surface area (Å²) in [5, 5.41) is 0. The van der Waals surface area contributed by atoms with Crippen LogP contribution in [0.15, 0.2) is 36.4 Å². The number of ether oxygens (including phenoxy) is 1. The van der Waals surface area contributed by atoms with Crippen LogP contribution in [0.4, 0.5) is 8.78 Å². The van der Waals surface area contributed by atoms with Crippen LogP contribution in [0.5, 0.6) is 5.75 Å². The van der Waals surface area contributed by atoms with Crippen LogP contribution in [0, 0.1) is 18.6 Å². The largest absolute Gasteiger partial charge is 0.498 e. The van der Waals surface area contributed by atoms with E-state index in [1.807, 2.05) is 46.8 Å². The molecule has 1 heterocycles. The Morgan fingerprint density at radius 2 is 1.65 bits per heavy atom. The van der Waals surface area contributed by atoms with Gasteiger partial charge in [-0.05, 0) is 46.8 Å². The molecule has 26 heavy (non-hydrogen) atoms. The number of hydrogen-bond donors (Lipinski definition) is 0. The van der Waals surface area contributed by atoms with Crippen LogP contribution >= 0.6 is 0 Å². The van der Waals surface area contributed by atoms with Gasteiger partial charge in [0, 0.05) is 11.0 Å².